The number of unbranched alkanes of at least 4 members (excludes halogenated alkanes) is 1. The first-order valence-electron chi connectivity index (χ1n) is 10.8. The number of carbonyl (C=O) groups is 3. The Morgan fingerprint density at radius 3 is 2.37 bits per heavy atom. The van der Waals surface area contributed by atoms with Crippen LogP contribution in [0.5, 0.6) is 0 Å². The Labute approximate surface area is 177 Å². The summed E-state index contributed by atoms with van der Waals surface area (Å²) in [7, 11) is 0. The molecule has 3 aromatic rings. The quantitative estimate of drug-likeness (QED) is 0.191. The van der Waals surface area contributed by atoms with Gasteiger partial charge >= 0.3 is 5.97 Å². The highest BCUT2D eigenvalue weighted by Crippen LogP contribution is 2.30. The minimum absolute atomic E-state index is 0.279. The molecule has 0 radical (unpaired) electrons. The van der Waals surface area contributed by atoms with Crippen molar-refractivity contribution in [2.45, 2.75) is 53.0 Å². The SMILES string of the molecule is CCCCC(CC)COC(=O)C(=O)c1ccc2c(c1)c1cc(C=O)ccc1n2CC. The number of carbonyl (C=O) groups excluding carboxylic acids is 3. The van der Waals surface area contributed by atoms with Crippen LogP contribution < -0.4 is 0 Å². The molecule has 1 atom stereocenters. The summed E-state index contributed by atoms with van der Waals surface area (Å²) in [5.74, 6) is -1.16. The number of fused-ring (bicyclic) bond motifs is 3. The molecule has 1 heterocycles. The molecular weight excluding hydrogens is 378 g/mol. The highest BCUT2D eigenvalue weighted by Gasteiger charge is 2.21. The highest BCUT2D eigenvalue weighted by atomic mass is 16.5. The van der Waals surface area contributed by atoms with Gasteiger partial charge in [0.25, 0.3) is 5.78 Å². The molecule has 0 bridgehead atoms. The molecule has 1 unspecified atom stereocenters. The van der Waals surface area contributed by atoms with Gasteiger partial charge in [0.15, 0.2) is 0 Å². The summed E-state index contributed by atoms with van der Waals surface area (Å²) in [6.45, 7) is 7.28. The van der Waals surface area contributed by atoms with Crippen molar-refractivity contribution in [3.63, 3.8) is 0 Å². The smallest absolute Gasteiger partial charge is 0.379 e. The molecule has 0 saturated heterocycles. The number of Topliss-reactive ketones (excluding diaryl/α,β-unsaturated/α-hetero) is 1. The van der Waals surface area contributed by atoms with E-state index >= 15 is 0 Å². The highest BCUT2D eigenvalue weighted by molar-refractivity contribution is 6.41. The zero-order valence-corrected chi connectivity index (χ0v) is 17.9. The summed E-state index contributed by atoms with van der Waals surface area (Å²) in [6.07, 6.45) is 4.91. The first-order valence-corrected chi connectivity index (χ1v) is 10.8. The summed E-state index contributed by atoms with van der Waals surface area (Å²) < 4.78 is 7.46. The number of ketones is 1. The van der Waals surface area contributed by atoms with E-state index < -0.39 is 11.8 Å². The number of nitrogens with zero attached hydrogens (tertiary/aromatic N) is 1. The van der Waals surface area contributed by atoms with Gasteiger partial charge < -0.3 is 9.30 Å². The summed E-state index contributed by atoms with van der Waals surface area (Å²) >= 11 is 0. The molecule has 0 N–H and O–H groups in total. The van der Waals surface area contributed by atoms with Gasteiger partial charge in [0, 0.05) is 39.5 Å². The van der Waals surface area contributed by atoms with Gasteiger partial charge in [0.2, 0.25) is 0 Å². The van der Waals surface area contributed by atoms with Crippen LogP contribution in [-0.2, 0) is 16.1 Å². The van der Waals surface area contributed by atoms with E-state index in [0.717, 1.165) is 60.3 Å². The van der Waals surface area contributed by atoms with Crippen LogP contribution in [0, 0.1) is 5.92 Å². The number of hydrogen-bond acceptors (Lipinski definition) is 4. The first kappa shape index (κ1) is 21.8. The average molecular weight is 408 g/mol. The monoisotopic (exact) mass is 407 g/mol. The fourth-order valence-corrected chi connectivity index (χ4v) is 3.95. The molecule has 0 aliphatic heterocycles. The van der Waals surface area contributed by atoms with E-state index in [2.05, 4.69) is 18.4 Å². The normalized spacial score (nSPS) is 12.2. The maximum absolute atomic E-state index is 12.7. The summed E-state index contributed by atoms with van der Waals surface area (Å²) in [5, 5.41) is 1.74. The number of benzene rings is 2. The average Bonchev–Trinajstić information content (AvgIpc) is 3.10. The van der Waals surface area contributed by atoms with E-state index in [1.165, 1.54) is 0 Å². The second kappa shape index (κ2) is 9.70. The van der Waals surface area contributed by atoms with Crippen molar-refractivity contribution in [3.8, 4) is 0 Å². The first-order chi connectivity index (χ1) is 14.5. The van der Waals surface area contributed by atoms with Crippen LogP contribution in [0.15, 0.2) is 36.4 Å². The third-order valence-electron chi connectivity index (χ3n) is 5.78. The van der Waals surface area contributed by atoms with E-state index in [0.29, 0.717) is 11.1 Å². The number of esters is 1. The number of rotatable bonds is 10. The maximum atomic E-state index is 12.7. The van der Waals surface area contributed by atoms with Gasteiger partial charge in [-0.05, 0) is 55.7 Å². The molecule has 0 amide bonds. The van der Waals surface area contributed by atoms with Crippen molar-refractivity contribution >= 4 is 39.8 Å². The minimum Gasteiger partial charge on any atom is -0.459 e. The number of aromatic nitrogens is 1. The Bertz CT molecular complexity index is 1080. The van der Waals surface area contributed by atoms with Gasteiger partial charge in [0.05, 0.1) is 6.61 Å². The van der Waals surface area contributed by atoms with Crippen molar-refractivity contribution in [1.29, 1.82) is 0 Å². The third kappa shape index (κ3) is 4.30. The second-order valence-corrected chi connectivity index (χ2v) is 7.71. The molecule has 5 nitrogen and oxygen atoms in total. The van der Waals surface area contributed by atoms with E-state index in [-0.39, 0.29) is 12.5 Å². The molecule has 158 valence electrons. The molecule has 1 aromatic heterocycles. The van der Waals surface area contributed by atoms with Gasteiger partial charge in [-0.3, -0.25) is 9.59 Å². The van der Waals surface area contributed by atoms with E-state index in [1.807, 2.05) is 25.1 Å². The molecule has 0 spiro atoms. The van der Waals surface area contributed by atoms with Crippen molar-refractivity contribution < 1.29 is 19.1 Å². The maximum Gasteiger partial charge on any atom is 0.379 e. The number of aldehydes is 1. The molecule has 0 aliphatic carbocycles. The van der Waals surface area contributed by atoms with Crippen LogP contribution in [0.25, 0.3) is 21.8 Å². The Morgan fingerprint density at radius 2 is 1.73 bits per heavy atom. The lowest BCUT2D eigenvalue weighted by atomic mass is 10.0. The summed E-state index contributed by atoms with van der Waals surface area (Å²) in [4.78, 5) is 36.3. The Hall–Kier alpha value is -2.95. The van der Waals surface area contributed by atoms with Gasteiger partial charge in [-0.2, -0.15) is 0 Å². The van der Waals surface area contributed by atoms with Crippen LogP contribution >= 0.6 is 0 Å². The lowest BCUT2D eigenvalue weighted by Gasteiger charge is -2.14. The lowest BCUT2D eigenvalue weighted by molar-refractivity contribution is -0.139. The van der Waals surface area contributed by atoms with Crippen LogP contribution in [0.3, 0.4) is 0 Å². The molecule has 0 aliphatic rings. The molecular formula is C25H29NO4. The molecule has 30 heavy (non-hydrogen) atoms. The Kier molecular flexibility index (Phi) is 7.03. The van der Waals surface area contributed by atoms with Gasteiger partial charge in [-0.1, -0.05) is 33.1 Å². The minimum atomic E-state index is -0.808. The van der Waals surface area contributed by atoms with Gasteiger partial charge in [-0.25, -0.2) is 4.79 Å². The van der Waals surface area contributed by atoms with Crippen molar-refractivity contribution in [2.24, 2.45) is 5.92 Å². The topological polar surface area (TPSA) is 65.4 Å². The molecule has 0 fully saturated rings. The molecule has 3 rings (SSSR count). The predicted molar refractivity (Wildman–Crippen MR) is 119 cm³/mol. The Balaban J connectivity index is 1.88. The zero-order valence-electron chi connectivity index (χ0n) is 17.9. The van der Waals surface area contributed by atoms with Crippen LogP contribution in [0.2, 0.25) is 0 Å². The van der Waals surface area contributed by atoms with Crippen molar-refractivity contribution in [2.75, 3.05) is 6.61 Å². The van der Waals surface area contributed by atoms with E-state index in [1.54, 1.807) is 18.2 Å². The van der Waals surface area contributed by atoms with Gasteiger partial charge in [-0.15, -0.1) is 0 Å². The fourth-order valence-electron chi connectivity index (χ4n) is 3.95. The number of ether oxygens (including phenoxy) is 1. The largest absolute Gasteiger partial charge is 0.459 e. The third-order valence-corrected chi connectivity index (χ3v) is 5.78. The standard InChI is InChI=1S/C25H29NO4/c1-4-7-8-17(5-2)16-30-25(29)24(28)19-10-12-23-21(14-19)20-13-18(15-27)9-11-22(20)26(23)6-3/h9-15,17H,4-8,16H2,1-3H3. The van der Waals surface area contributed by atoms with Crippen molar-refractivity contribution in [3.05, 3.63) is 47.5 Å². The van der Waals surface area contributed by atoms with E-state index in [9.17, 15) is 14.4 Å². The number of aryl methyl sites for hydroxylation is 1. The van der Waals surface area contributed by atoms with Crippen LogP contribution in [0.1, 0.15) is 67.2 Å². The van der Waals surface area contributed by atoms with Crippen LogP contribution in [0.4, 0.5) is 0 Å². The fraction of sp³-hybridized carbons (Fsp3) is 0.400. The Morgan fingerprint density at radius 1 is 1.03 bits per heavy atom. The van der Waals surface area contributed by atoms with Crippen LogP contribution in [-0.4, -0.2) is 29.2 Å². The van der Waals surface area contributed by atoms with Gasteiger partial charge in [0.1, 0.15) is 6.29 Å². The number of hydrogen-bond donors (Lipinski definition) is 0. The lowest BCUT2D eigenvalue weighted by Crippen LogP contribution is -2.21. The van der Waals surface area contributed by atoms with E-state index in [4.69, 9.17) is 4.74 Å². The van der Waals surface area contributed by atoms with Crippen molar-refractivity contribution in [1.82, 2.24) is 4.57 Å². The summed E-state index contributed by atoms with van der Waals surface area (Å²) in [5.41, 5.74) is 2.84. The molecule has 0 saturated carbocycles. The zero-order chi connectivity index (χ0) is 21.7. The second-order valence-electron chi connectivity index (χ2n) is 7.71. The predicted octanol–water partition coefficient (Wildman–Crippen LogP) is 5.57. The molecule has 2 aromatic carbocycles. The summed E-state index contributed by atoms with van der Waals surface area (Å²) in [6, 6.07) is 10.8. The molecule has 5 heteroatoms.